The van der Waals surface area contributed by atoms with Gasteiger partial charge in [0, 0.05) is 35.0 Å². The zero-order chi connectivity index (χ0) is 21.4. The number of aromatic nitrogens is 3. The number of nitrogen functional groups attached to an aromatic ring is 1. The third kappa shape index (κ3) is 3.53. The second kappa shape index (κ2) is 7.64. The van der Waals surface area contributed by atoms with Crippen molar-refractivity contribution in [2.75, 3.05) is 5.73 Å². The standard InChI is InChI=1S/C21H18ClN5O3/c1-12(2)26-10-16(19-20(23)24-11-25-21(19)26)13-3-6-15(7-4-13)30-18-9-14(22)5-8-17(18)27(28)29/h3-12H,1-2H3,(H2,23,24,25). The molecule has 0 amide bonds. The summed E-state index contributed by atoms with van der Waals surface area (Å²) in [4.78, 5) is 19.2. The first-order valence-corrected chi connectivity index (χ1v) is 9.56. The summed E-state index contributed by atoms with van der Waals surface area (Å²) in [6, 6.07) is 11.6. The fourth-order valence-corrected chi connectivity index (χ4v) is 3.43. The van der Waals surface area contributed by atoms with E-state index >= 15 is 0 Å². The summed E-state index contributed by atoms with van der Waals surface area (Å²) in [5.74, 6) is 0.930. The molecule has 0 aliphatic carbocycles. The lowest BCUT2D eigenvalue weighted by Crippen LogP contribution is -2.00. The lowest BCUT2D eigenvalue weighted by molar-refractivity contribution is -0.385. The topological polar surface area (TPSA) is 109 Å². The maximum Gasteiger partial charge on any atom is 0.311 e. The molecule has 2 N–H and O–H groups in total. The molecular weight excluding hydrogens is 406 g/mol. The van der Waals surface area contributed by atoms with Crippen molar-refractivity contribution in [3.05, 3.63) is 70.1 Å². The van der Waals surface area contributed by atoms with E-state index in [9.17, 15) is 10.1 Å². The van der Waals surface area contributed by atoms with Gasteiger partial charge in [-0.2, -0.15) is 0 Å². The van der Waals surface area contributed by atoms with Gasteiger partial charge >= 0.3 is 5.69 Å². The van der Waals surface area contributed by atoms with E-state index in [2.05, 4.69) is 23.8 Å². The Kier molecular flexibility index (Phi) is 5.01. The quantitative estimate of drug-likeness (QED) is 0.329. The van der Waals surface area contributed by atoms with Gasteiger partial charge < -0.3 is 15.0 Å². The molecule has 0 saturated carbocycles. The van der Waals surface area contributed by atoms with Crippen molar-refractivity contribution in [1.29, 1.82) is 0 Å². The smallest absolute Gasteiger partial charge is 0.311 e. The highest BCUT2D eigenvalue weighted by atomic mass is 35.5. The summed E-state index contributed by atoms with van der Waals surface area (Å²) in [5, 5.41) is 12.4. The summed E-state index contributed by atoms with van der Waals surface area (Å²) in [6.07, 6.45) is 3.45. The molecule has 0 unspecified atom stereocenters. The lowest BCUT2D eigenvalue weighted by Gasteiger charge is -2.08. The molecule has 0 aliphatic heterocycles. The molecule has 0 fully saturated rings. The normalized spacial score (nSPS) is 11.2. The van der Waals surface area contributed by atoms with E-state index in [-0.39, 0.29) is 17.5 Å². The highest BCUT2D eigenvalue weighted by Crippen LogP contribution is 2.37. The number of rotatable bonds is 5. The van der Waals surface area contributed by atoms with Crippen molar-refractivity contribution in [2.24, 2.45) is 0 Å². The van der Waals surface area contributed by atoms with Crippen molar-refractivity contribution in [1.82, 2.24) is 14.5 Å². The van der Waals surface area contributed by atoms with Gasteiger partial charge in [0.25, 0.3) is 0 Å². The van der Waals surface area contributed by atoms with Gasteiger partial charge in [0.2, 0.25) is 5.75 Å². The van der Waals surface area contributed by atoms with Crippen LogP contribution in [0, 0.1) is 10.1 Å². The second-order valence-electron chi connectivity index (χ2n) is 7.00. The van der Waals surface area contributed by atoms with Crippen LogP contribution in [0.15, 0.2) is 55.0 Å². The SMILES string of the molecule is CC(C)n1cc(-c2ccc(Oc3cc(Cl)ccc3[N+](=O)[O-])cc2)c2c(N)ncnc21. The molecule has 2 aromatic carbocycles. The minimum absolute atomic E-state index is 0.0781. The molecule has 9 heteroatoms. The first-order chi connectivity index (χ1) is 14.3. The summed E-state index contributed by atoms with van der Waals surface area (Å²) in [7, 11) is 0. The van der Waals surface area contributed by atoms with Crippen LogP contribution in [-0.4, -0.2) is 19.5 Å². The van der Waals surface area contributed by atoms with Gasteiger partial charge in [0.15, 0.2) is 0 Å². The molecule has 0 saturated heterocycles. The van der Waals surface area contributed by atoms with E-state index in [4.69, 9.17) is 22.1 Å². The predicted molar refractivity (Wildman–Crippen MR) is 116 cm³/mol. The van der Waals surface area contributed by atoms with Crippen LogP contribution in [0.4, 0.5) is 11.5 Å². The molecule has 30 heavy (non-hydrogen) atoms. The van der Waals surface area contributed by atoms with Crippen LogP contribution in [-0.2, 0) is 0 Å². The average Bonchev–Trinajstić information content (AvgIpc) is 3.10. The van der Waals surface area contributed by atoms with Crippen molar-refractivity contribution < 1.29 is 9.66 Å². The largest absolute Gasteiger partial charge is 0.450 e. The Morgan fingerprint density at radius 2 is 1.90 bits per heavy atom. The zero-order valence-corrected chi connectivity index (χ0v) is 17.0. The average molecular weight is 424 g/mol. The fraction of sp³-hybridized carbons (Fsp3) is 0.143. The molecule has 2 heterocycles. The molecule has 4 rings (SSSR count). The lowest BCUT2D eigenvalue weighted by atomic mass is 10.1. The minimum atomic E-state index is -0.510. The summed E-state index contributed by atoms with van der Waals surface area (Å²) in [5.41, 5.74) is 8.54. The molecule has 0 spiro atoms. The number of hydrogen-bond acceptors (Lipinski definition) is 6. The Morgan fingerprint density at radius 1 is 1.17 bits per heavy atom. The van der Waals surface area contributed by atoms with Crippen LogP contribution in [0.25, 0.3) is 22.2 Å². The highest BCUT2D eigenvalue weighted by Gasteiger charge is 2.18. The molecule has 0 bridgehead atoms. The van der Waals surface area contributed by atoms with Gasteiger partial charge in [-0.15, -0.1) is 0 Å². The maximum atomic E-state index is 11.2. The van der Waals surface area contributed by atoms with E-state index in [1.165, 1.54) is 24.5 Å². The molecule has 152 valence electrons. The molecule has 0 atom stereocenters. The van der Waals surface area contributed by atoms with Crippen molar-refractivity contribution in [2.45, 2.75) is 19.9 Å². The Morgan fingerprint density at radius 3 is 2.57 bits per heavy atom. The first-order valence-electron chi connectivity index (χ1n) is 9.18. The van der Waals surface area contributed by atoms with Gasteiger partial charge in [-0.05, 0) is 37.6 Å². The van der Waals surface area contributed by atoms with Crippen LogP contribution in [0.2, 0.25) is 5.02 Å². The number of hydrogen-bond donors (Lipinski definition) is 1. The number of benzene rings is 2. The highest BCUT2D eigenvalue weighted by molar-refractivity contribution is 6.30. The Balaban J connectivity index is 1.72. The fourth-order valence-electron chi connectivity index (χ4n) is 3.27. The maximum absolute atomic E-state index is 11.2. The van der Waals surface area contributed by atoms with E-state index in [0.717, 1.165) is 22.2 Å². The number of nitrogens with zero attached hydrogens (tertiary/aromatic N) is 4. The van der Waals surface area contributed by atoms with E-state index in [0.29, 0.717) is 16.6 Å². The summed E-state index contributed by atoms with van der Waals surface area (Å²) < 4.78 is 7.76. The molecule has 4 aromatic rings. The van der Waals surface area contributed by atoms with Crippen LogP contribution in [0.1, 0.15) is 19.9 Å². The van der Waals surface area contributed by atoms with Crippen molar-refractivity contribution >= 4 is 34.1 Å². The minimum Gasteiger partial charge on any atom is -0.450 e. The van der Waals surface area contributed by atoms with Gasteiger partial charge in [-0.1, -0.05) is 23.7 Å². The van der Waals surface area contributed by atoms with Crippen LogP contribution >= 0.6 is 11.6 Å². The Hall–Kier alpha value is -3.65. The molecule has 2 aromatic heterocycles. The first kappa shape index (κ1) is 19.7. The van der Waals surface area contributed by atoms with E-state index in [1.54, 1.807) is 12.1 Å². The number of nitrogens with two attached hydrogens (primary N) is 1. The van der Waals surface area contributed by atoms with Gasteiger partial charge in [-0.25, -0.2) is 9.97 Å². The zero-order valence-electron chi connectivity index (χ0n) is 16.2. The second-order valence-corrected chi connectivity index (χ2v) is 7.43. The Bertz CT molecular complexity index is 1250. The Labute approximate surface area is 177 Å². The van der Waals surface area contributed by atoms with Gasteiger partial charge in [0.05, 0.1) is 10.3 Å². The van der Waals surface area contributed by atoms with Crippen LogP contribution in [0.5, 0.6) is 11.5 Å². The van der Waals surface area contributed by atoms with Gasteiger partial charge in [-0.3, -0.25) is 10.1 Å². The molecule has 0 radical (unpaired) electrons. The number of nitro groups is 1. The summed E-state index contributed by atoms with van der Waals surface area (Å²) in [6.45, 7) is 4.13. The van der Waals surface area contributed by atoms with E-state index in [1.807, 2.05) is 22.9 Å². The number of halogens is 1. The van der Waals surface area contributed by atoms with Crippen molar-refractivity contribution in [3.63, 3.8) is 0 Å². The molecule has 0 aliphatic rings. The third-order valence-corrected chi connectivity index (χ3v) is 4.94. The molecule has 8 nitrogen and oxygen atoms in total. The van der Waals surface area contributed by atoms with Gasteiger partial charge in [0.1, 0.15) is 23.5 Å². The number of anilines is 1. The summed E-state index contributed by atoms with van der Waals surface area (Å²) >= 11 is 5.96. The third-order valence-electron chi connectivity index (χ3n) is 4.71. The van der Waals surface area contributed by atoms with Crippen molar-refractivity contribution in [3.8, 4) is 22.6 Å². The monoisotopic (exact) mass is 423 g/mol. The van der Waals surface area contributed by atoms with Crippen LogP contribution in [0.3, 0.4) is 0 Å². The predicted octanol–water partition coefficient (Wildman–Crippen LogP) is 5.62. The van der Waals surface area contributed by atoms with Crippen LogP contribution < -0.4 is 10.5 Å². The number of fused-ring (bicyclic) bond motifs is 1. The van der Waals surface area contributed by atoms with E-state index < -0.39 is 4.92 Å². The number of nitro benzene ring substituents is 1. The molecular formula is C21H18ClN5O3. The number of ether oxygens (including phenoxy) is 1.